The second-order valence-corrected chi connectivity index (χ2v) is 9.10. The van der Waals surface area contributed by atoms with Crippen molar-refractivity contribution in [3.8, 4) is 26.9 Å². The largest absolute Gasteiger partial charge is 0.474 e. The molecule has 3 aromatic rings. The maximum atomic E-state index is 11.7. The van der Waals surface area contributed by atoms with Crippen LogP contribution in [0, 0.1) is 0 Å². The van der Waals surface area contributed by atoms with Gasteiger partial charge in [-0.15, -0.1) is 11.3 Å². The van der Waals surface area contributed by atoms with Crippen molar-refractivity contribution in [2.45, 2.75) is 11.0 Å². The summed E-state index contributed by atoms with van der Waals surface area (Å²) in [6, 6.07) is 16.7. The van der Waals surface area contributed by atoms with E-state index in [1.54, 1.807) is 24.3 Å². The fourth-order valence-electron chi connectivity index (χ4n) is 2.48. The van der Waals surface area contributed by atoms with Crippen LogP contribution in [-0.4, -0.2) is 39.0 Å². The number of benzene rings is 2. The Morgan fingerprint density at radius 1 is 1.12 bits per heavy atom. The molecule has 7 heteroatoms. The summed E-state index contributed by atoms with van der Waals surface area (Å²) in [4.78, 5) is 5.82. The highest BCUT2D eigenvalue weighted by atomic mass is 32.2. The van der Waals surface area contributed by atoms with Crippen molar-refractivity contribution >= 4 is 21.2 Å². The molecule has 0 saturated carbocycles. The van der Waals surface area contributed by atoms with Crippen molar-refractivity contribution in [2.24, 2.45) is 0 Å². The standard InChI is InChI=1S/C19H17NO4S2/c1-26(21,22)16-9-7-13(8-10-16)17-18(24-12-15-11-23-15)20-19(25-17)14-5-3-2-4-6-14/h2-10,15H,11-12H2,1H3. The predicted molar refractivity (Wildman–Crippen MR) is 101 cm³/mol. The topological polar surface area (TPSA) is 68.8 Å². The summed E-state index contributed by atoms with van der Waals surface area (Å²) in [5.41, 5.74) is 1.90. The maximum Gasteiger partial charge on any atom is 0.233 e. The average molecular weight is 387 g/mol. The zero-order valence-electron chi connectivity index (χ0n) is 14.1. The van der Waals surface area contributed by atoms with E-state index in [4.69, 9.17) is 9.47 Å². The molecule has 134 valence electrons. The molecular weight excluding hydrogens is 370 g/mol. The number of nitrogens with zero attached hydrogens (tertiary/aromatic N) is 1. The van der Waals surface area contributed by atoms with Crippen LogP contribution in [-0.2, 0) is 14.6 Å². The first-order valence-electron chi connectivity index (χ1n) is 8.12. The van der Waals surface area contributed by atoms with Gasteiger partial charge in [0.2, 0.25) is 5.88 Å². The summed E-state index contributed by atoms with van der Waals surface area (Å²) >= 11 is 1.52. The summed E-state index contributed by atoms with van der Waals surface area (Å²) in [5.74, 6) is 0.552. The lowest BCUT2D eigenvalue weighted by Crippen LogP contribution is -2.05. The van der Waals surface area contributed by atoms with Gasteiger partial charge in [0.1, 0.15) is 17.7 Å². The number of sulfone groups is 1. The molecule has 1 atom stereocenters. The van der Waals surface area contributed by atoms with Crippen molar-refractivity contribution in [1.29, 1.82) is 0 Å². The second kappa shape index (κ2) is 6.83. The number of thiazole rings is 1. The van der Waals surface area contributed by atoms with Crippen LogP contribution in [0.5, 0.6) is 5.88 Å². The minimum atomic E-state index is -3.22. The molecule has 0 radical (unpaired) electrons. The van der Waals surface area contributed by atoms with Crippen LogP contribution in [0.1, 0.15) is 0 Å². The summed E-state index contributed by atoms with van der Waals surface area (Å²) in [5, 5.41) is 0.861. The first kappa shape index (κ1) is 17.2. The smallest absolute Gasteiger partial charge is 0.233 e. The molecular formula is C19H17NO4S2. The fourth-order valence-corrected chi connectivity index (χ4v) is 4.13. The van der Waals surface area contributed by atoms with Gasteiger partial charge in [-0.25, -0.2) is 13.4 Å². The maximum absolute atomic E-state index is 11.7. The number of aromatic nitrogens is 1. The van der Waals surface area contributed by atoms with Crippen LogP contribution < -0.4 is 4.74 Å². The van der Waals surface area contributed by atoms with E-state index in [1.807, 2.05) is 30.3 Å². The molecule has 1 unspecified atom stereocenters. The minimum Gasteiger partial charge on any atom is -0.474 e. The molecule has 1 aliphatic rings. The van der Waals surface area contributed by atoms with Gasteiger partial charge in [0.25, 0.3) is 0 Å². The summed E-state index contributed by atoms with van der Waals surface area (Å²) in [6.07, 6.45) is 1.34. The normalized spacial score (nSPS) is 16.4. The summed E-state index contributed by atoms with van der Waals surface area (Å²) in [6.45, 7) is 1.18. The van der Waals surface area contributed by atoms with Crippen molar-refractivity contribution in [3.63, 3.8) is 0 Å². The third-order valence-electron chi connectivity index (χ3n) is 3.97. The molecule has 2 aromatic carbocycles. The van der Waals surface area contributed by atoms with Gasteiger partial charge < -0.3 is 9.47 Å². The molecule has 1 aliphatic heterocycles. The second-order valence-electron chi connectivity index (χ2n) is 6.08. The highest BCUT2D eigenvalue weighted by molar-refractivity contribution is 7.90. The molecule has 5 nitrogen and oxygen atoms in total. The van der Waals surface area contributed by atoms with Gasteiger partial charge in [0.05, 0.1) is 16.4 Å². The molecule has 0 aliphatic carbocycles. The molecule has 1 saturated heterocycles. The van der Waals surface area contributed by atoms with Gasteiger partial charge in [-0.1, -0.05) is 42.5 Å². The van der Waals surface area contributed by atoms with Crippen LogP contribution in [0.15, 0.2) is 59.5 Å². The molecule has 0 bridgehead atoms. The third-order valence-corrected chi connectivity index (χ3v) is 6.23. The monoisotopic (exact) mass is 387 g/mol. The Hall–Kier alpha value is -2.22. The lowest BCUT2D eigenvalue weighted by molar-refractivity contribution is 0.257. The highest BCUT2D eigenvalue weighted by Crippen LogP contribution is 2.40. The molecule has 0 spiro atoms. The Labute approximate surface area is 156 Å². The van der Waals surface area contributed by atoms with E-state index < -0.39 is 9.84 Å². The SMILES string of the molecule is CS(=O)(=O)c1ccc(-c2sc(-c3ccccc3)nc2OCC2CO2)cc1. The van der Waals surface area contributed by atoms with E-state index in [-0.39, 0.29) is 6.10 Å². The molecule has 0 amide bonds. The van der Waals surface area contributed by atoms with Gasteiger partial charge in [-0.2, -0.15) is 0 Å². The molecule has 26 heavy (non-hydrogen) atoms. The molecule has 4 rings (SSSR count). The molecule has 1 aromatic heterocycles. The van der Waals surface area contributed by atoms with E-state index in [9.17, 15) is 8.42 Å². The van der Waals surface area contributed by atoms with Gasteiger partial charge >= 0.3 is 0 Å². The van der Waals surface area contributed by atoms with Crippen LogP contribution >= 0.6 is 11.3 Å². The van der Waals surface area contributed by atoms with E-state index in [2.05, 4.69) is 4.98 Å². The van der Waals surface area contributed by atoms with E-state index in [1.165, 1.54) is 17.6 Å². The number of epoxide rings is 1. The highest BCUT2D eigenvalue weighted by Gasteiger charge is 2.25. The Bertz CT molecular complexity index is 1010. The first-order chi connectivity index (χ1) is 12.5. The van der Waals surface area contributed by atoms with E-state index in [0.717, 1.165) is 21.0 Å². The zero-order chi connectivity index (χ0) is 18.1. The van der Waals surface area contributed by atoms with Gasteiger partial charge in [-0.3, -0.25) is 0 Å². The van der Waals surface area contributed by atoms with Gasteiger partial charge in [-0.05, 0) is 17.7 Å². The number of ether oxygens (including phenoxy) is 2. The van der Waals surface area contributed by atoms with Crippen molar-refractivity contribution < 1.29 is 17.9 Å². The van der Waals surface area contributed by atoms with Gasteiger partial charge in [0.15, 0.2) is 9.84 Å². The molecule has 2 heterocycles. The Kier molecular flexibility index (Phi) is 4.52. The Morgan fingerprint density at radius 2 is 1.81 bits per heavy atom. The van der Waals surface area contributed by atoms with Crippen molar-refractivity contribution in [1.82, 2.24) is 4.98 Å². The summed E-state index contributed by atoms with van der Waals surface area (Å²) in [7, 11) is -3.22. The number of hydrogen-bond donors (Lipinski definition) is 0. The third kappa shape index (κ3) is 3.80. The average Bonchev–Trinajstić information content (AvgIpc) is 3.38. The number of rotatable bonds is 6. The van der Waals surface area contributed by atoms with Crippen LogP contribution in [0.25, 0.3) is 21.0 Å². The van der Waals surface area contributed by atoms with Crippen LogP contribution in [0.2, 0.25) is 0 Å². The van der Waals surface area contributed by atoms with Crippen molar-refractivity contribution in [2.75, 3.05) is 19.5 Å². The Balaban J connectivity index is 1.71. The lowest BCUT2D eigenvalue weighted by Gasteiger charge is -2.05. The summed E-state index contributed by atoms with van der Waals surface area (Å²) < 4.78 is 34.4. The Morgan fingerprint density at radius 3 is 2.42 bits per heavy atom. The first-order valence-corrected chi connectivity index (χ1v) is 10.8. The van der Waals surface area contributed by atoms with Gasteiger partial charge in [0, 0.05) is 11.8 Å². The predicted octanol–water partition coefficient (Wildman–Crippen LogP) is 3.66. The minimum absolute atomic E-state index is 0.136. The number of hydrogen-bond acceptors (Lipinski definition) is 6. The van der Waals surface area contributed by atoms with E-state index >= 15 is 0 Å². The zero-order valence-corrected chi connectivity index (χ0v) is 15.7. The molecule has 1 fully saturated rings. The lowest BCUT2D eigenvalue weighted by atomic mass is 10.2. The van der Waals surface area contributed by atoms with Crippen LogP contribution in [0.4, 0.5) is 0 Å². The molecule has 0 N–H and O–H groups in total. The van der Waals surface area contributed by atoms with Crippen molar-refractivity contribution in [3.05, 3.63) is 54.6 Å². The quantitative estimate of drug-likeness (QED) is 0.604. The van der Waals surface area contributed by atoms with Crippen LogP contribution in [0.3, 0.4) is 0 Å². The fraction of sp³-hybridized carbons (Fsp3) is 0.211. The van der Waals surface area contributed by atoms with E-state index in [0.29, 0.717) is 24.0 Å².